The largest absolute Gasteiger partial charge is 2.00 e. The number of esters is 1. The number of fused-ring (bicyclic) bond motifs is 8. The molecule has 0 radical (unpaired) electrons. The number of aliphatic hydroxyl groups excluding tert-OH is 2. The number of hydrogen-bond acceptors (Lipinski definition) is 11. The number of Topliss-reactive ketones (excluding diaryl/α,β-unsaturated/α-hetero) is 1. The molecule has 0 aliphatic carbocycles. The number of nitrogens with one attached hydrogen (secondary N) is 2. The number of carbonyl (C=O) groups excluding carboxylic acids is 4. The van der Waals surface area contributed by atoms with Gasteiger partial charge in [0.05, 0.1) is 39.5 Å². The average Bonchev–Trinajstić information content (AvgIpc) is 3.91. The third kappa shape index (κ3) is 10.1. The summed E-state index contributed by atoms with van der Waals surface area (Å²) in [6.45, 7) is 14.8. The summed E-state index contributed by atoms with van der Waals surface area (Å²) < 4.78 is 10.7. The van der Waals surface area contributed by atoms with Crippen LogP contribution in [0.1, 0.15) is 131 Å². The van der Waals surface area contributed by atoms with Gasteiger partial charge in [0.1, 0.15) is 0 Å². The van der Waals surface area contributed by atoms with E-state index in [1.807, 2.05) is 32.0 Å². The molecule has 8 bridgehead atoms. The molecule has 15 nitrogen and oxygen atoms in total. The molecular weight excluding hydrogens is 861 g/mol. The summed E-state index contributed by atoms with van der Waals surface area (Å²) in [5.41, 5.74) is 6.78. The van der Waals surface area contributed by atoms with Gasteiger partial charge < -0.3 is 40.3 Å². The predicted molar refractivity (Wildman–Crippen MR) is 222 cm³/mol. The number of carbonyl (C=O) groups is 4. The normalized spacial score (nSPS) is 19.6. The molecule has 60 heavy (non-hydrogen) atoms. The third-order valence-electron chi connectivity index (χ3n) is 12.1. The Balaban J connectivity index is 0.00000683. The molecule has 3 aliphatic rings. The Hall–Kier alpha value is -4.30. The minimum atomic E-state index is -1.19. The van der Waals surface area contributed by atoms with Crippen LogP contribution in [0, 0.1) is 13.8 Å². The zero-order valence-corrected chi connectivity index (χ0v) is 37.1. The predicted octanol–water partition coefficient (Wildman–Crippen LogP) is 3.60. The molecule has 2 amide bonds. The zero-order chi connectivity index (χ0) is 42.5. The van der Waals surface area contributed by atoms with Crippen molar-refractivity contribution in [1.82, 2.24) is 35.5 Å². The first-order valence-corrected chi connectivity index (χ1v) is 20.6. The van der Waals surface area contributed by atoms with Crippen molar-refractivity contribution in [3.63, 3.8) is 0 Å². The number of ether oxygens (including phenoxy) is 2. The van der Waals surface area contributed by atoms with Crippen molar-refractivity contribution in [2.24, 2.45) is 0 Å². The first-order chi connectivity index (χ1) is 28.3. The van der Waals surface area contributed by atoms with Gasteiger partial charge in [0.2, 0.25) is 11.8 Å². The Morgan fingerprint density at radius 3 is 2.23 bits per heavy atom. The van der Waals surface area contributed by atoms with Crippen LogP contribution in [-0.4, -0.2) is 114 Å². The van der Waals surface area contributed by atoms with Gasteiger partial charge in [-0.1, -0.05) is 50.1 Å². The van der Waals surface area contributed by atoms with E-state index in [2.05, 4.69) is 29.4 Å². The number of rotatable bonds is 14. The number of methoxy groups -OCH3 is 1. The second-order valence-electron chi connectivity index (χ2n) is 15.9. The summed E-state index contributed by atoms with van der Waals surface area (Å²) in [5, 5.41) is 25.5. The van der Waals surface area contributed by atoms with E-state index in [-0.39, 0.29) is 80.3 Å². The Bertz CT molecular complexity index is 2250. The standard InChI is InChI=1S/C44H59N7O8.Pd/c1-8-29-23(2)32-20-37-40(27(6)53)25(4)34(48-37)18-33-24(3)30(9-10-38(55)45-11-12-51-13-15-59-16-14-51)42(49-33)31(17-39(56)58-7)43-41(44(57)46-21-28(54)22-52)26(5)35(50-43)19-36(29)47-32;/h18-20,23-24,28-30,52,54H,8-17,21-22H2,1-7H3,(H4,45,46,47,48,49,50,53,55,57);/q;+2/p-2/t23-,24+,28?,29-,30+;/m1./s1. The van der Waals surface area contributed by atoms with Gasteiger partial charge >= 0.3 is 26.4 Å². The van der Waals surface area contributed by atoms with Crippen molar-refractivity contribution in [3.05, 3.63) is 68.8 Å². The van der Waals surface area contributed by atoms with E-state index in [4.69, 9.17) is 29.4 Å². The first kappa shape index (κ1) is 46.8. The Morgan fingerprint density at radius 1 is 0.933 bits per heavy atom. The molecule has 326 valence electrons. The minimum Gasteiger partial charge on any atom is -0.657 e. The van der Waals surface area contributed by atoms with E-state index >= 15 is 0 Å². The molecule has 0 saturated carbocycles. The van der Waals surface area contributed by atoms with Gasteiger partial charge in [-0.25, -0.2) is 0 Å². The SMILES string of the molecule is CC[C@H]1c2cc3[n-]c(c(CC(=O)OC)c4nc(cc5[n-]c(cc(n2)[C@@H]1C)c(C(C)=O)c5C)[C@@H](C)[C@@H]4CCC(=O)NCCN1CCOCC1)c(C(=O)NCC(O)CO)c3C.[Pd+2]. The topological polar surface area (TPSA) is 208 Å². The van der Waals surface area contributed by atoms with Crippen LogP contribution < -0.4 is 20.6 Å². The van der Waals surface area contributed by atoms with Crippen LogP contribution in [0.5, 0.6) is 0 Å². The van der Waals surface area contributed by atoms with Gasteiger partial charge in [-0.05, 0) is 39.2 Å². The Kier molecular flexibility index (Phi) is 16.0. The number of aromatic nitrogens is 4. The van der Waals surface area contributed by atoms with Gasteiger partial charge in [-0.15, -0.1) is 22.1 Å². The molecule has 1 saturated heterocycles. The number of nitrogens with zero attached hydrogens (tertiary/aromatic N) is 5. The van der Waals surface area contributed by atoms with Gasteiger partial charge in [-0.2, -0.15) is 0 Å². The van der Waals surface area contributed by atoms with Crippen LogP contribution in [-0.2, 0) is 45.9 Å². The minimum absolute atomic E-state index is 0. The summed E-state index contributed by atoms with van der Waals surface area (Å²) in [7, 11) is 1.29. The summed E-state index contributed by atoms with van der Waals surface area (Å²) >= 11 is 0. The van der Waals surface area contributed by atoms with Crippen molar-refractivity contribution in [1.29, 1.82) is 0 Å². The smallest absolute Gasteiger partial charge is 0.657 e. The van der Waals surface area contributed by atoms with Crippen LogP contribution in [0.15, 0.2) is 18.2 Å². The fraction of sp³-hybridized carbons (Fsp3) is 0.545. The number of hydrogen-bond donors (Lipinski definition) is 4. The second kappa shape index (κ2) is 20.5. The number of aliphatic hydroxyl groups is 2. The van der Waals surface area contributed by atoms with Crippen molar-refractivity contribution >= 4 is 45.6 Å². The van der Waals surface area contributed by atoms with E-state index in [9.17, 15) is 29.4 Å². The fourth-order valence-corrected chi connectivity index (χ4v) is 8.60. The van der Waals surface area contributed by atoms with E-state index in [0.717, 1.165) is 30.9 Å². The van der Waals surface area contributed by atoms with Crippen molar-refractivity contribution in [2.75, 3.05) is 59.7 Å². The fourth-order valence-electron chi connectivity index (χ4n) is 8.60. The maximum Gasteiger partial charge on any atom is 2.00 e. The van der Waals surface area contributed by atoms with E-state index in [1.54, 1.807) is 6.92 Å². The number of aryl methyl sites for hydroxylation is 2. The quantitative estimate of drug-likeness (QED) is 0.104. The third-order valence-corrected chi connectivity index (χ3v) is 12.1. The maximum absolute atomic E-state index is 14.2. The molecule has 1 fully saturated rings. The van der Waals surface area contributed by atoms with Gasteiger partial charge in [0.25, 0.3) is 0 Å². The molecule has 4 N–H and O–H groups in total. The molecule has 1 unspecified atom stereocenters. The molecular formula is C44H57N7O8Pd. The van der Waals surface area contributed by atoms with E-state index in [1.165, 1.54) is 14.0 Å². The summed E-state index contributed by atoms with van der Waals surface area (Å²) in [6.07, 6.45) is -0.171. The van der Waals surface area contributed by atoms with Crippen LogP contribution in [0.3, 0.4) is 0 Å². The monoisotopic (exact) mass is 917 g/mol. The molecule has 0 aromatic carbocycles. The molecule has 0 spiro atoms. The number of morpholine rings is 1. The Labute approximate surface area is 364 Å². The molecule has 6 heterocycles. The number of amides is 2. The molecule has 6 rings (SSSR count). The Morgan fingerprint density at radius 2 is 1.57 bits per heavy atom. The van der Waals surface area contributed by atoms with E-state index < -0.39 is 30.5 Å². The van der Waals surface area contributed by atoms with Crippen LogP contribution >= 0.6 is 0 Å². The molecule has 3 aliphatic heterocycles. The average molecular weight is 918 g/mol. The molecule has 16 heteroatoms. The van der Waals surface area contributed by atoms with Gasteiger partial charge in [0, 0.05) is 96.7 Å². The summed E-state index contributed by atoms with van der Waals surface area (Å²) in [6, 6.07) is 5.63. The van der Waals surface area contributed by atoms with Crippen molar-refractivity contribution in [2.45, 2.75) is 97.0 Å². The summed E-state index contributed by atoms with van der Waals surface area (Å²) in [4.78, 5) is 76.6. The first-order valence-electron chi connectivity index (χ1n) is 20.6. The molecule has 3 aromatic rings. The van der Waals surface area contributed by atoms with Crippen LogP contribution in [0.4, 0.5) is 0 Å². The summed E-state index contributed by atoms with van der Waals surface area (Å²) in [5.74, 6) is -2.06. The van der Waals surface area contributed by atoms with Crippen LogP contribution in [0.2, 0.25) is 0 Å². The number of ketones is 1. The maximum atomic E-state index is 14.2. The van der Waals surface area contributed by atoms with Crippen molar-refractivity contribution in [3.8, 4) is 0 Å². The molecule has 5 atom stereocenters. The van der Waals surface area contributed by atoms with Crippen molar-refractivity contribution < 1.29 is 59.3 Å². The van der Waals surface area contributed by atoms with Crippen LogP contribution in [0.25, 0.3) is 22.1 Å². The zero-order valence-electron chi connectivity index (χ0n) is 35.5. The van der Waals surface area contributed by atoms with E-state index in [0.29, 0.717) is 82.9 Å². The van der Waals surface area contributed by atoms with Gasteiger partial charge in [-0.3, -0.25) is 34.0 Å². The molecule has 3 aromatic heterocycles. The second-order valence-corrected chi connectivity index (χ2v) is 15.9. The van der Waals surface area contributed by atoms with Gasteiger partial charge in [0.15, 0.2) is 5.78 Å².